The first-order valence-corrected chi connectivity index (χ1v) is 9.26. The number of aromatic nitrogens is 3. The van der Waals surface area contributed by atoms with E-state index < -0.39 is 5.97 Å². The van der Waals surface area contributed by atoms with E-state index in [-0.39, 0.29) is 41.4 Å². The summed E-state index contributed by atoms with van der Waals surface area (Å²) >= 11 is 0. The van der Waals surface area contributed by atoms with Crippen LogP contribution >= 0.6 is 0 Å². The fraction of sp³-hybridized carbons (Fsp3) is 0.238. The van der Waals surface area contributed by atoms with E-state index >= 15 is 0 Å². The molecule has 31 heavy (non-hydrogen) atoms. The van der Waals surface area contributed by atoms with Crippen LogP contribution in [-0.2, 0) is 11.3 Å². The Bertz CT molecular complexity index is 1090. The van der Waals surface area contributed by atoms with Gasteiger partial charge in [-0.05, 0) is 30.7 Å². The average molecular weight is 425 g/mol. The molecule has 2 aromatic carbocycles. The molecular weight excluding hydrogens is 402 g/mol. The van der Waals surface area contributed by atoms with Crippen LogP contribution in [-0.4, -0.2) is 42.3 Å². The van der Waals surface area contributed by atoms with Crippen molar-refractivity contribution in [3.8, 4) is 17.2 Å². The van der Waals surface area contributed by atoms with Gasteiger partial charge in [-0.3, -0.25) is 0 Å². The van der Waals surface area contributed by atoms with Crippen LogP contribution in [0.15, 0.2) is 36.4 Å². The van der Waals surface area contributed by atoms with Crippen molar-refractivity contribution in [1.29, 1.82) is 0 Å². The van der Waals surface area contributed by atoms with Gasteiger partial charge in [0.2, 0.25) is 17.6 Å². The highest BCUT2D eigenvalue weighted by atomic mass is 16.5. The second kappa shape index (κ2) is 9.61. The summed E-state index contributed by atoms with van der Waals surface area (Å²) in [5, 5.41) is 3.09. The van der Waals surface area contributed by atoms with Crippen LogP contribution in [0.1, 0.15) is 21.7 Å². The van der Waals surface area contributed by atoms with Gasteiger partial charge in [-0.25, -0.2) is 4.79 Å². The maximum atomic E-state index is 12.7. The van der Waals surface area contributed by atoms with Crippen molar-refractivity contribution < 1.29 is 23.7 Å². The van der Waals surface area contributed by atoms with E-state index in [0.717, 1.165) is 11.3 Å². The lowest BCUT2D eigenvalue weighted by molar-refractivity contribution is 0.0457. The molecule has 0 aliphatic rings. The molecule has 10 heteroatoms. The molecule has 0 aliphatic heterocycles. The van der Waals surface area contributed by atoms with Crippen LogP contribution in [0.3, 0.4) is 0 Å². The maximum absolute atomic E-state index is 12.7. The van der Waals surface area contributed by atoms with Crippen molar-refractivity contribution in [2.24, 2.45) is 0 Å². The Morgan fingerprint density at radius 2 is 1.71 bits per heavy atom. The van der Waals surface area contributed by atoms with Crippen molar-refractivity contribution in [2.75, 3.05) is 32.4 Å². The first-order chi connectivity index (χ1) is 15.0. The lowest BCUT2D eigenvalue weighted by atomic mass is 10.1. The maximum Gasteiger partial charge on any atom is 0.342 e. The highest BCUT2D eigenvalue weighted by molar-refractivity contribution is 5.94. The number of hydrogen-bond donors (Lipinski definition) is 2. The third kappa shape index (κ3) is 4.92. The summed E-state index contributed by atoms with van der Waals surface area (Å²) in [5.41, 5.74) is 7.79. The molecule has 0 unspecified atom stereocenters. The zero-order valence-corrected chi connectivity index (χ0v) is 17.6. The van der Waals surface area contributed by atoms with Gasteiger partial charge in [0, 0.05) is 5.69 Å². The van der Waals surface area contributed by atoms with E-state index in [1.54, 1.807) is 6.07 Å². The number of esters is 1. The first kappa shape index (κ1) is 21.6. The predicted octanol–water partition coefficient (Wildman–Crippen LogP) is 2.89. The van der Waals surface area contributed by atoms with E-state index in [9.17, 15) is 4.79 Å². The number of rotatable bonds is 8. The number of para-hydroxylation sites is 1. The Morgan fingerprint density at radius 3 is 2.39 bits per heavy atom. The van der Waals surface area contributed by atoms with Crippen LogP contribution in [0.4, 0.5) is 17.6 Å². The highest BCUT2D eigenvalue weighted by Gasteiger charge is 2.22. The molecule has 162 valence electrons. The fourth-order valence-corrected chi connectivity index (χ4v) is 2.86. The smallest absolute Gasteiger partial charge is 0.342 e. The number of nitrogens with one attached hydrogen (secondary N) is 1. The van der Waals surface area contributed by atoms with Gasteiger partial charge in [0.05, 0.1) is 21.3 Å². The standard InChI is InChI=1S/C21H23N5O5/c1-12-7-5-6-8-14(12)23-21-25-16(24-20(22)26-21)11-31-19(27)13-9-10-15(28-2)18(30-4)17(13)29-3/h5-10H,11H2,1-4H3,(H3,22,23,24,25,26). The zero-order chi connectivity index (χ0) is 22.4. The zero-order valence-electron chi connectivity index (χ0n) is 17.6. The van der Waals surface area contributed by atoms with Crippen molar-refractivity contribution in [1.82, 2.24) is 15.0 Å². The van der Waals surface area contributed by atoms with Crippen molar-refractivity contribution >= 4 is 23.6 Å². The number of benzene rings is 2. The number of nitrogens with zero attached hydrogens (tertiary/aromatic N) is 3. The van der Waals surface area contributed by atoms with Crippen LogP contribution in [0.5, 0.6) is 17.2 Å². The van der Waals surface area contributed by atoms with Gasteiger partial charge in [-0.15, -0.1) is 0 Å². The molecule has 0 aliphatic carbocycles. The lowest BCUT2D eigenvalue weighted by Gasteiger charge is -2.15. The highest BCUT2D eigenvalue weighted by Crippen LogP contribution is 2.40. The van der Waals surface area contributed by atoms with E-state index in [2.05, 4.69) is 20.3 Å². The number of anilines is 3. The minimum atomic E-state index is -0.648. The monoisotopic (exact) mass is 425 g/mol. The summed E-state index contributed by atoms with van der Waals surface area (Å²) in [4.78, 5) is 25.0. The molecule has 1 aromatic heterocycles. The molecule has 0 radical (unpaired) electrons. The van der Waals surface area contributed by atoms with Gasteiger partial charge in [0.25, 0.3) is 0 Å². The van der Waals surface area contributed by atoms with E-state index in [4.69, 9.17) is 24.7 Å². The minimum Gasteiger partial charge on any atom is -0.493 e. The van der Waals surface area contributed by atoms with E-state index in [1.807, 2.05) is 31.2 Å². The number of hydrogen-bond acceptors (Lipinski definition) is 10. The molecule has 0 saturated heterocycles. The Labute approximate surface area is 179 Å². The van der Waals surface area contributed by atoms with Crippen molar-refractivity contribution in [3.05, 3.63) is 53.3 Å². The molecule has 3 aromatic rings. The summed E-state index contributed by atoms with van der Waals surface area (Å²) < 4.78 is 21.2. The van der Waals surface area contributed by atoms with E-state index in [0.29, 0.717) is 5.75 Å². The summed E-state index contributed by atoms with van der Waals surface area (Å²) in [6.45, 7) is 1.73. The Kier molecular flexibility index (Phi) is 6.71. The van der Waals surface area contributed by atoms with Gasteiger partial charge in [-0.1, -0.05) is 18.2 Å². The minimum absolute atomic E-state index is 0.000769. The van der Waals surface area contributed by atoms with Crippen LogP contribution in [0.2, 0.25) is 0 Å². The molecule has 0 amide bonds. The summed E-state index contributed by atoms with van der Waals surface area (Å²) in [6.07, 6.45) is 0. The normalized spacial score (nSPS) is 10.3. The second-order valence-corrected chi connectivity index (χ2v) is 6.33. The Morgan fingerprint density at radius 1 is 0.968 bits per heavy atom. The number of ether oxygens (including phenoxy) is 4. The number of nitrogen functional groups attached to an aromatic ring is 1. The lowest BCUT2D eigenvalue weighted by Crippen LogP contribution is -2.12. The van der Waals surface area contributed by atoms with Gasteiger partial charge in [-0.2, -0.15) is 15.0 Å². The van der Waals surface area contributed by atoms with Crippen LogP contribution < -0.4 is 25.3 Å². The molecular formula is C21H23N5O5. The molecule has 1 heterocycles. The topological polar surface area (TPSA) is 131 Å². The number of methoxy groups -OCH3 is 3. The number of aryl methyl sites for hydroxylation is 1. The summed E-state index contributed by atoms with van der Waals surface area (Å²) in [7, 11) is 4.36. The number of carbonyl (C=O) groups excluding carboxylic acids is 1. The Hall–Kier alpha value is -4.08. The van der Waals surface area contributed by atoms with Crippen molar-refractivity contribution in [3.63, 3.8) is 0 Å². The van der Waals surface area contributed by atoms with Gasteiger partial charge in [0.15, 0.2) is 23.9 Å². The average Bonchev–Trinajstić information content (AvgIpc) is 2.77. The quantitative estimate of drug-likeness (QED) is 0.519. The molecule has 0 atom stereocenters. The molecule has 0 saturated carbocycles. The molecule has 0 fully saturated rings. The third-order valence-electron chi connectivity index (χ3n) is 4.35. The van der Waals surface area contributed by atoms with Crippen molar-refractivity contribution in [2.45, 2.75) is 13.5 Å². The molecule has 0 bridgehead atoms. The van der Waals surface area contributed by atoms with Gasteiger partial charge in [0.1, 0.15) is 5.56 Å². The van der Waals surface area contributed by atoms with E-state index in [1.165, 1.54) is 27.4 Å². The molecule has 10 nitrogen and oxygen atoms in total. The predicted molar refractivity (Wildman–Crippen MR) is 114 cm³/mol. The third-order valence-corrected chi connectivity index (χ3v) is 4.35. The SMILES string of the molecule is COc1ccc(C(=O)OCc2nc(N)nc(Nc3ccccc3C)n2)c(OC)c1OC. The van der Waals surface area contributed by atoms with Crippen LogP contribution in [0, 0.1) is 6.92 Å². The Balaban J connectivity index is 1.78. The molecule has 0 spiro atoms. The number of carbonyl (C=O) groups is 1. The molecule has 3 rings (SSSR count). The van der Waals surface area contributed by atoms with Gasteiger partial charge < -0.3 is 30.0 Å². The van der Waals surface area contributed by atoms with Gasteiger partial charge >= 0.3 is 5.97 Å². The number of nitrogens with two attached hydrogens (primary N) is 1. The largest absolute Gasteiger partial charge is 0.493 e. The van der Waals surface area contributed by atoms with Crippen LogP contribution in [0.25, 0.3) is 0 Å². The first-order valence-electron chi connectivity index (χ1n) is 9.26. The second-order valence-electron chi connectivity index (χ2n) is 6.33. The summed E-state index contributed by atoms with van der Waals surface area (Å²) in [6, 6.07) is 10.8. The summed E-state index contributed by atoms with van der Waals surface area (Å²) in [5.74, 6) is 0.699. The molecule has 3 N–H and O–H groups in total. The fourth-order valence-electron chi connectivity index (χ4n) is 2.86.